The van der Waals surface area contributed by atoms with E-state index in [4.69, 9.17) is 9.26 Å². The molecule has 3 rings (SSSR count). The molecule has 2 atom stereocenters. The van der Waals surface area contributed by atoms with E-state index in [2.05, 4.69) is 19.9 Å². The molecule has 0 aliphatic carbocycles. The monoisotopic (exact) mass is 348 g/mol. The number of morpholine rings is 1. The number of likely N-dealkylation sites (N-methyl/N-ethyl adjacent to an activating group) is 1. The Morgan fingerprint density at radius 2 is 2.20 bits per heavy atom. The van der Waals surface area contributed by atoms with Crippen molar-refractivity contribution in [3.63, 3.8) is 0 Å². The molecule has 7 heteroatoms. The van der Waals surface area contributed by atoms with Gasteiger partial charge >= 0.3 is 0 Å². The summed E-state index contributed by atoms with van der Waals surface area (Å²) in [5.41, 5.74) is 1.22. The van der Waals surface area contributed by atoms with Gasteiger partial charge in [-0.1, -0.05) is 17.3 Å². The molecule has 1 saturated heterocycles. The molecule has 0 radical (unpaired) electrons. The molecule has 0 saturated carbocycles. The second-order valence-electron chi connectivity index (χ2n) is 6.85. The Bertz CT molecular complexity index is 719. The molecule has 0 bridgehead atoms. The van der Waals surface area contributed by atoms with Gasteiger partial charge in [0.1, 0.15) is 5.82 Å². The number of rotatable bonds is 5. The molecule has 6 nitrogen and oxygen atoms in total. The highest BCUT2D eigenvalue weighted by molar-refractivity contribution is 5.54. The number of nitrogens with zero attached hydrogens (tertiary/aromatic N) is 4. The van der Waals surface area contributed by atoms with Gasteiger partial charge in [0.2, 0.25) is 11.7 Å². The molecule has 1 aromatic heterocycles. The summed E-state index contributed by atoms with van der Waals surface area (Å²) in [7, 11) is 4.08. The number of hydrogen-bond acceptors (Lipinski definition) is 6. The van der Waals surface area contributed by atoms with Crippen LogP contribution in [-0.4, -0.2) is 66.4 Å². The van der Waals surface area contributed by atoms with Gasteiger partial charge in [-0.25, -0.2) is 4.39 Å². The van der Waals surface area contributed by atoms with Crippen molar-refractivity contribution < 1.29 is 13.7 Å². The molecule has 0 amide bonds. The minimum Gasteiger partial charge on any atom is -0.374 e. The topological polar surface area (TPSA) is 54.6 Å². The molecule has 0 unspecified atom stereocenters. The third-order valence-corrected chi connectivity index (χ3v) is 4.52. The van der Waals surface area contributed by atoms with Crippen LogP contribution in [0.1, 0.15) is 24.4 Å². The summed E-state index contributed by atoms with van der Waals surface area (Å²) in [6.07, 6.45) is 0.166. The smallest absolute Gasteiger partial charge is 0.244 e. The van der Waals surface area contributed by atoms with Crippen molar-refractivity contribution in [1.29, 1.82) is 0 Å². The quantitative estimate of drug-likeness (QED) is 0.828. The lowest BCUT2D eigenvalue weighted by molar-refractivity contribution is -0.0533. The number of ether oxygens (including phenoxy) is 1. The van der Waals surface area contributed by atoms with Crippen molar-refractivity contribution in [1.82, 2.24) is 19.9 Å². The minimum absolute atomic E-state index is 0.00916. The molecule has 2 aromatic rings. The SMILES string of the molecule is Cc1ccc(-c2noc([C@@H](C)N3CCO[C@H](CN(C)C)C3)n2)cc1F. The largest absolute Gasteiger partial charge is 0.374 e. The highest BCUT2D eigenvalue weighted by Gasteiger charge is 2.28. The van der Waals surface area contributed by atoms with Crippen molar-refractivity contribution in [3.8, 4) is 11.4 Å². The first-order valence-corrected chi connectivity index (χ1v) is 8.54. The van der Waals surface area contributed by atoms with Gasteiger partial charge in [0.05, 0.1) is 18.8 Å². The average molecular weight is 348 g/mol. The van der Waals surface area contributed by atoms with Gasteiger partial charge in [0.15, 0.2) is 0 Å². The van der Waals surface area contributed by atoms with E-state index in [0.29, 0.717) is 29.4 Å². The molecule has 0 spiro atoms. The molecular weight excluding hydrogens is 323 g/mol. The molecule has 1 fully saturated rings. The summed E-state index contributed by atoms with van der Waals surface area (Å²) in [5.74, 6) is 0.692. The molecular formula is C18H25FN4O2. The van der Waals surface area contributed by atoms with E-state index >= 15 is 0 Å². The van der Waals surface area contributed by atoms with Gasteiger partial charge in [-0.05, 0) is 39.6 Å². The average Bonchev–Trinajstić information content (AvgIpc) is 3.06. The van der Waals surface area contributed by atoms with Crippen molar-refractivity contribution in [2.45, 2.75) is 26.0 Å². The van der Waals surface area contributed by atoms with Gasteiger partial charge < -0.3 is 14.2 Å². The summed E-state index contributed by atoms with van der Waals surface area (Å²) in [4.78, 5) is 8.88. The summed E-state index contributed by atoms with van der Waals surface area (Å²) >= 11 is 0. The highest BCUT2D eigenvalue weighted by Crippen LogP contribution is 2.25. The fourth-order valence-electron chi connectivity index (χ4n) is 3.02. The van der Waals surface area contributed by atoms with E-state index < -0.39 is 0 Å². The van der Waals surface area contributed by atoms with Gasteiger partial charge in [-0.3, -0.25) is 4.90 Å². The molecule has 136 valence electrons. The molecule has 1 aliphatic rings. The van der Waals surface area contributed by atoms with Crippen LogP contribution in [0.5, 0.6) is 0 Å². The number of halogens is 1. The molecule has 2 heterocycles. The summed E-state index contributed by atoms with van der Waals surface area (Å²) < 4.78 is 25.0. The number of aryl methyl sites for hydroxylation is 1. The molecule has 1 aliphatic heterocycles. The Kier molecular flexibility index (Phi) is 5.46. The highest BCUT2D eigenvalue weighted by atomic mass is 19.1. The van der Waals surface area contributed by atoms with E-state index in [1.54, 1.807) is 19.1 Å². The maximum absolute atomic E-state index is 13.8. The van der Waals surface area contributed by atoms with Gasteiger partial charge in [0, 0.05) is 25.2 Å². The van der Waals surface area contributed by atoms with Crippen LogP contribution in [-0.2, 0) is 4.74 Å². The van der Waals surface area contributed by atoms with Crippen molar-refractivity contribution >= 4 is 0 Å². The third kappa shape index (κ3) is 4.23. The van der Waals surface area contributed by atoms with E-state index in [9.17, 15) is 4.39 Å². The zero-order chi connectivity index (χ0) is 18.0. The number of aromatic nitrogens is 2. The van der Waals surface area contributed by atoms with Crippen molar-refractivity contribution in [3.05, 3.63) is 35.5 Å². The van der Waals surface area contributed by atoms with Gasteiger partial charge in [-0.15, -0.1) is 0 Å². The fourth-order valence-corrected chi connectivity index (χ4v) is 3.02. The Labute approximate surface area is 147 Å². The first kappa shape index (κ1) is 18.0. The number of benzene rings is 1. The Morgan fingerprint density at radius 3 is 2.92 bits per heavy atom. The van der Waals surface area contributed by atoms with E-state index in [0.717, 1.165) is 19.6 Å². The second-order valence-corrected chi connectivity index (χ2v) is 6.85. The van der Waals surface area contributed by atoms with Crippen molar-refractivity contribution in [2.24, 2.45) is 0 Å². The zero-order valence-electron chi connectivity index (χ0n) is 15.2. The number of hydrogen-bond donors (Lipinski definition) is 0. The molecule has 1 aromatic carbocycles. The lowest BCUT2D eigenvalue weighted by atomic mass is 10.1. The predicted octanol–water partition coefficient (Wildman–Crippen LogP) is 2.51. The second kappa shape index (κ2) is 7.59. The first-order valence-electron chi connectivity index (χ1n) is 8.54. The summed E-state index contributed by atoms with van der Waals surface area (Å²) in [5, 5.41) is 4.02. The fraction of sp³-hybridized carbons (Fsp3) is 0.556. The van der Waals surface area contributed by atoms with Gasteiger partial charge in [0.25, 0.3) is 0 Å². The third-order valence-electron chi connectivity index (χ3n) is 4.52. The predicted molar refractivity (Wildman–Crippen MR) is 92.7 cm³/mol. The van der Waals surface area contributed by atoms with Crippen LogP contribution in [0.4, 0.5) is 4.39 Å². The molecule has 0 N–H and O–H groups in total. The van der Waals surface area contributed by atoms with E-state index in [-0.39, 0.29) is 18.0 Å². The van der Waals surface area contributed by atoms with Crippen LogP contribution in [0.25, 0.3) is 11.4 Å². The Morgan fingerprint density at radius 1 is 1.40 bits per heavy atom. The van der Waals surface area contributed by atoms with Crippen molar-refractivity contribution in [2.75, 3.05) is 40.3 Å². The normalized spacial score (nSPS) is 20.2. The Balaban J connectivity index is 1.71. The lowest BCUT2D eigenvalue weighted by Crippen LogP contribution is -2.47. The van der Waals surface area contributed by atoms with Crippen LogP contribution in [0.2, 0.25) is 0 Å². The van der Waals surface area contributed by atoms with E-state index in [1.807, 2.05) is 21.0 Å². The standard InChI is InChI=1S/C18H25FN4O2/c1-12-5-6-14(9-16(12)19)17-20-18(25-21-17)13(2)23-7-8-24-15(11-23)10-22(3)4/h5-6,9,13,15H,7-8,10-11H2,1-4H3/t13-,15-/m1/s1. The maximum atomic E-state index is 13.8. The lowest BCUT2D eigenvalue weighted by Gasteiger charge is -2.36. The first-order chi connectivity index (χ1) is 11.9. The van der Waals surface area contributed by atoms with Crippen LogP contribution >= 0.6 is 0 Å². The van der Waals surface area contributed by atoms with E-state index in [1.165, 1.54) is 6.07 Å². The van der Waals surface area contributed by atoms with Gasteiger partial charge in [-0.2, -0.15) is 4.98 Å². The molecule has 25 heavy (non-hydrogen) atoms. The van der Waals surface area contributed by atoms with Crippen LogP contribution in [0, 0.1) is 12.7 Å². The minimum atomic E-state index is -0.267. The summed E-state index contributed by atoms with van der Waals surface area (Å²) in [6, 6.07) is 4.96. The van der Waals surface area contributed by atoms with Crippen LogP contribution in [0.15, 0.2) is 22.7 Å². The zero-order valence-corrected chi connectivity index (χ0v) is 15.2. The van der Waals surface area contributed by atoms with Crippen LogP contribution < -0.4 is 0 Å². The van der Waals surface area contributed by atoms with Crippen LogP contribution in [0.3, 0.4) is 0 Å². The summed E-state index contributed by atoms with van der Waals surface area (Å²) in [6.45, 7) is 6.97. The Hall–Kier alpha value is -1.83. The maximum Gasteiger partial charge on any atom is 0.244 e.